The number of hydrogen-bond donors (Lipinski definition) is 0. The van der Waals surface area contributed by atoms with E-state index in [9.17, 15) is 9.59 Å². The van der Waals surface area contributed by atoms with Gasteiger partial charge in [0.15, 0.2) is 0 Å². The lowest BCUT2D eigenvalue weighted by molar-refractivity contribution is -0.157. The fourth-order valence-electron chi connectivity index (χ4n) is 2.23. The molecule has 20 heavy (non-hydrogen) atoms. The van der Waals surface area contributed by atoms with Crippen LogP contribution in [0, 0.1) is 5.92 Å². The Hall–Kier alpha value is -1.84. The summed E-state index contributed by atoms with van der Waals surface area (Å²) in [6.45, 7) is 3.59. The van der Waals surface area contributed by atoms with Gasteiger partial charge < -0.3 is 9.47 Å². The van der Waals surface area contributed by atoms with Gasteiger partial charge in [0.05, 0.1) is 11.5 Å². The molecular weight excluding hydrogens is 256 g/mol. The highest BCUT2D eigenvalue weighted by molar-refractivity contribution is 5.89. The van der Waals surface area contributed by atoms with Crippen molar-refractivity contribution >= 4 is 11.9 Å². The Kier molecular flexibility index (Phi) is 4.77. The summed E-state index contributed by atoms with van der Waals surface area (Å²) < 4.78 is 10.9. The van der Waals surface area contributed by atoms with Gasteiger partial charge >= 0.3 is 11.9 Å². The van der Waals surface area contributed by atoms with Crippen LogP contribution in [0.4, 0.5) is 0 Å². The molecule has 1 aliphatic rings. The first kappa shape index (κ1) is 14.6. The summed E-state index contributed by atoms with van der Waals surface area (Å²) >= 11 is 0. The second-order valence-corrected chi connectivity index (χ2v) is 5.37. The Balaban J connectivity index is 1.94. The summed E-state index contributed by atoms with van der Waals surface area (Å²) in [5.41, 5.74) is 0.522. The molecule has 0 spiro atoms. The average molecular weight is 276 g/mol. The maximum absolute atomic E-state index is 12.0. The average Bonchev–Trinajstić information content (AvgIpc) is 2.86. The molecule has 1 aromatic carbocycles. The number of benzene rings is 1. The second-order valence-electron chi connectivity index (χ2n) is 5.37. The summed E-state index contributed by atoms with van der Waals surface area (Å²) in [5, 5.41) is 0. The standard InChI is InChI=1S/C16H20O4/c1-11(2)15(17)19-13-9-6-10-14(13)20-16(18)12-7-4-3-5-8-12/h3-5,7-8,11,13-14H,6,9-10H2,1-2H3. The predicted octanol–water partition coefficient (Wildman–Crippen LogP) is 2.96. The van der Waals surface area contributed by atoms with Gasteiger partial charge in [-0.15, -0.1) is 0 Å². The van der Waals surface area contributed by atoms with Crippen LogP contribution < -0.4 is 0 Å². The molecule has 108 valence electrons. The maximum Gasteiger partial charge on any atom is 0.338 e. The lowest BCUT2D eigenvalue weighted by Gasteiger charge is -2.21. The summed E-state index contributed by atoms with van der Waals surface area (Å²) in [7, 11) is 0. The minimum atomic E-state index is -0.358. The molecule has 0 N–H and O–H groups in total. The van der Waals surface area contributed by atoms with Gasteiger partial charge in [-0.1, -0.05) is 32.0 Å². The Morgan fingerprint density at radius 3 is 2.25 bits per heavy atom. The molecule has 1 aliphatic carbocycles. The lowest BCUT2D eigenvalue weighted by Crippen LogP contribution is -2.32. The molecule has 0 bridgehead atoms. The SMILES string of the molecule is CC(C)C(=O)OC1CCCC1OC(=O)c1ccccc1. The highest BCUT2D eigenvalue weighted by Gasteiger charge is 2.34. The van der Waals surface area contributed by atoms with Crippen LogP contribution in [0.5, 0.6) is 0 Å². The molecule has 0 amide bonds. The number of ether oxygens (including phenoxy) is 2. The van der Waals surface area contributed by atoms with Crippen molar-refractivity contribution in [2.45, 2.75) is 45.3 Å². The highest BCUT2D eigenvalue weighted by Crippen LogP contribution is 2.26. The molecule has 2 rings (SSSR count). The third-order valence-corrected chi connectivity index (χ3v) is 3.40. The minimum Gasteiger partial charge on any atom is -0.458 e. The van der Waals surface area contributed by atoms with E-state index in [4.69, 9.17) is 9.47 Å². The maximum atomic E-state index is 12.0. The molecule has 1 aromatic rings. The minimum absolute atomic E-state index is 0.166. The largest absolute Gasteiger partial charge is 0.458 e. The van der Waals surface area contributed by atoms with Gasteiger partial charge in [-0.2, -0.15) is 0 Å². The van der Waals surface area contributed by atoms with Crippen LogP contribution in [-0.2, 0) is 14.3 Å². The zero-order valence-corrected chi connectivity index (χ0v) is 11.9. The quantitative estimate of drug-likeness (QED) is 0.793. The van der Waals surface area contributed by atoms with E-state index < -0.39 is 0 Å². The van der Waals surface area contributed by atoms with E-state index in [0.29, 0.717) is 5.56 Å². The number of rotatable bonds is 4. The number of carbonyl (C=O) groups excluding carboxylic acids is 2. The molecule has 0 heterocycles. The smallest absolute Gasteiger partial charge is 0.338 e. The van der Waals surface area contributed by atoms with Gasteiger partial charge in [0, 0.05) is 0 Å². The molecule has 2 unspecified atom stereocenters. The molecule has 0 radical (unpaired) electrons. The lowest BCUT2D eigenvalue weighted by atomic mass is 10.2. The van der Waals surface area contributed by atoms with E-state index in [0.717, 1.165) is 19.3 Å². The third kappa shape index (κ3) is 3.59. The Labute approximate surface area is 119 Å². The van der Waals surface area contributed by atoms with E-state index in [1.807, 2.05) is 6.07 Å². The molecule has 1 saturated carbocycles. The van der Waals surface area contributed by atoms with E-state index in [1.54, 1.807) is 38.1 Å². The summed E-state index contributed by atoms with van der Waals surface area (Å²) in [6.07, 6.45) is 1.77. The molecule has 1 fully saturated rings. The topological polar surface area (TPSA) is 52.6 Å². The van der Waals surface area contributed by atoms with Crippen molar-refractivity contribution in [3.8, 4) is 0 Å². The Bertz CT molecular complexity index is 467. The highest BCUT2D eigenvalue weighted by atomic mass is 16.6. The Morgan fingerprint density at radius 2 is 1.65 bits per heavy atom. The van der Waals surface area contributed by atoms with Crippen molar-refractivity contribution in [1.29, 1.82) is 0 Å². The van der Waals surface area contributed by atoms with E-state index in [2.05, 4.69) is 0 Å². The molecular formula is C16H20O4. The molecule has 4 nitrogen and oxygen atoms in total. The molecule has 0 saturated heterocycles. The molecule has 0 aliphatic heterocycles. The first-order chi connectivity index (χ1) is 9.58. The molecule has 0 aromatic heterocycles. The van der Waals surface area contributed by atoms with Crippen LogP contribution in [-0.4, -0.2) is 24.1 Å². The van der Waals surface area contributed by atoms with Gasteiger partial charge in [-0.25, -0.2) is 4.79 Å². The molecule has 4 heteroatoms. The summed E-state index contributed by atoms with van der Waals surface area (Å²) in [6, 6.07) is 8.86. The van der Waals surface area contributed by atoms with Crippen LogP contribution in [0.15, 0.2) is 30.3 Å². The predicted molar refractivity (Wildman–Crippen MR) is 74.2 cm³/mol. The van der Waals surface area contributed by atoms with Crippen LogP contribution >= 0.6 is 0 Å². The fourth-order valence-corrected chi connectivity index (χ4v) is 2.23. The van der Waals surface area contributed by atoms with Crippen molar-refractivity contribution in [2.75, 3.05) is 0 Å². The Morgan fingerprint density at radius 1 is 1.05 bits per heavy atom. The monoisotopic (exact) mass is 276 g/mol. The van der Waals surface area contributed by atoms with Gasteiger partial charge in [-0.3, -0.25) is 4.79 Å². The normalized spacial score (nSPS) is 21.8. The van der Waals surface area contributed by atoms with Gasteiger partial charge in [0.1, 0.15) is 12.2 Å². The summed E-state index contributed by atoms with van der Waals surface area (Å²) in [5.74, 6) is -0.762. The van der Waals surface area contributed by atoms with Crippen LogP contribution in [0.2, 0.25) is 0 Å². The van der Waals surface area contributed by atoms with Gasteiger partial charge in [0.25, 0.3) is 0 Å². The van der Waals surface area contributed by atoms with Crippen LogP contribution in [0.25, 0.3) is 0 Å². The van der Waals surface area contributed by atoms with Crippen molar-refractivity contribution in [3.05, 3.63) is 35.9 Å². The summed E-state index contributed by atoms with van der Waals surface area (Å²) in [4.78, 5) is 23.6. The molecule has 2 atom stereocenters. The van der Waals surface area contributed by atoms with Gasteiger partial charge in [-0.05, 0) is 31.4 Å². The van der Waals surface area contributed by atoms with Crippen LogP contribution in [0.3, 0.4) is 0 Å². The van der Waals surface area contributed by atoms with E-state index >= 15 is 0 Å². The zero-order valence-electron chi connectivity index (χ0n) is 11.9. The first-order valence-corrected chi connectivity index (χ1v) is 7.04. The van der Waals surface area contributed by atoms with E-state index in [-0.39, 0.29) is 30.1 Å². The number of esters is 2. The number of hydrogen-bond acceptors (Lipinski definition) is 4. The third-order valence-electron chi connectivity index (χ3n) is 3.40. The zero-order chi connectivity index (χ0) is 14.5. The van der Waals surface area contributed by atoms with E-state index in [1.165, 1.54) is 0 Å². The van der Waals surface area contributed by atoms with Gasteiger partial charge in [0.2, 0.25) is 0 Å². The fraction of sp³-hybridized carbons (Fsp3) is 0.500. The van der Waals surface area contributed by atoms with Crippen molar-refractivity contribution in [2.24, 2.45) is 5.92 Å². The van der Waals surface area contributed by atoms with Crippen molar-refractivity contribution < 1.29 is 19.1 Å². The first-order valence-electron chi connectivity index (χ1n) is 7.04. The van der Waals surface area contributed by atoms with Crippen molar-refractivity contribution in [1.82, 2.24) is 0 Å². The van der Waals surface area contributed by atoms with Crippen molar-refractivity contribution in [3.63, 3.8) is 0 Å². The second kappa shape index (κ2) is 6.55. The van der Waals surface area contributed by atoms with Crippen LogP contribution in [0.1, 0.15) is 43.5 Å². The number of carbonyl (C=O) groups is 2.